The van der Waals surface area contributed by atoms with Gasteiger partial charge in [-0.05, 0) is 70.6 Å². The molecule has 1 atom stereocenters. The number of hydrogen-bond acceptors (Lipinski definition) is 6. The fourth-order valence-electron chi connectivity index (χ4n) is 9.26. The molecule has 0 saturated carbocycles. The zero-order valence-electron chi connectivity index (χ0n) is 46.6. The number of carbonyl (C=O) groups excluding carboxylic acids is 3. The zero-order valence-corrected chi connectivity index (χ0v) is 46.6. The van der Waals surface area contributed by atoms with Gasteiger partial charge in [-0.1, -0.05) is 276 Å². The van der Waals surface area contributed by atoms with Crippen molar-refractivity contribution in [3.8, 4) is 0 Å². The monoisotopic (exact) mass is 971 g/mol. The Labute approximate surface area is 430 Å². The van der Waals surface area contributed by atoms with Crippen LogP contribution >= 0.6 is 0 Å². The first kappa shape index (κ1) is 66.9. The highest BCUT2D eigenvalue weighted by molar-refractivity contribution is 5.71. The highest BCUT2D eigenvalue weighted by Crippen LogP contribution is 2.17. The molecule has 0 aromatic heterocycles. The molecule has 0 aromatic carbocycles. The summed E-state index contributed by atoms with van der Waals surface area (Å²) in [5.74, 6) is -0.866. The van der Waals surface area contributed by atoms with E-state index in [0.717, 1.165) is 70.6 Å². The third-order valence-electron chi connectivity index (χ3n) is 13.9. The first-order chi connectivity index (χ1) is 34.0. The van der Waals surface area contributed by atoms with Gasteiger partial charge in [-0.15, -0.1) is 0 Å². The number of esters is 3. The van der Waals surface area contributed by atoms with Crippen molar-refractivity contribution in [3.05, 3.63) is 24.3 Å². The maximum Gasteiger partial charge on any atom is 0.306 e. The Balaban J connectivity index is 4.33. The fourth-order valence-corrected chi connectivity index (χ4v) is 9.26. The lowest BCUT2D eigenvalue weighted by Gasteiger charge is -2.18. The van der Waals surface area contributed by atoms with E-state index in [9.17, 15) is 14.4 Å². The second kappa shape index (κ2) is 58.5. The fraction of sp³-hybridized carbons (Fsp3) is 0.889. The molecule has 1 unspecified atom stereocenters. The molecule has 406 valence electrons. The van der Waals surface area contributed by atoms with E-state index < -0.39 is 6.10 Å². The van der Waals surface area contributed by atoms with Crippen LogP contribution in [0.1, 0.15) is 342 Å². The van der Waals surface area contributed by atoms with Gasteiger partial charge in [0.15, 0.2) is 6.10 Å². The quantitative estimate of drug-likeness (QED) is 0.0261. The van der Waals surface area contributed by atoms with Gasteiger partial charge in [0.2, 0.25) is 0 Å². The molecule has 0 aliphatic heterocycles. The molecular weight excluding hydrogens is 853 g/mol. The molecule has 0 radical (unpaired) electrons. The normalized spacial score (nSPS) is 12.1. The molecule has 0 aromatic rings. The Morgan fingerprint density at radius 3 is 0.725 bits per heavy atom. The summed E-state index contributed by atoms with van der Waals surface area (Å²) in [5, 5.41) is 0. The highest BCUT2D eigenvalue weighted by Gasteiger charge is 2.19. The van der Waals surface area contributed by atoms with Crippen LogP contribution in [0.5, 0.6) is 0 Å². The van der Waals surface area contributed by atoms with Crippen LogP contribution in [0.2, 0.25) is 0 Å². The maximum absolute atomic E-state index is 12.9. The largest absolute Gasteiger partial charge is 0.462 e. The Morgan fingerprint density at radius 1 is 0.275 bits per heavy atom. The summed E-state index contributed by atoms with van der Waals surface area (Å²) in [7, 11) is 0. The molecule has 0 saturated heterocycles. The molecule has 0 spiro atoms. The molecule has 0 heterocycles. The van der Waals surface area contributed by atoms with E-state index >= 15 is 0 Å². The van der Waals surface area contributed by atoms with Crippen molar-refractivity contribution in [2.45, 2.75) is 348 Å². The van der Waals surface area contributed by atoms with Gasteiger partial charge in [0.05, 0.1) is 0 Å². The van der Waals surface area contributed by atoms with Gasteiger partial charge < -0.3 is 14.2 Å². The zero-order chi connectivity index (χ0) is 50.0. The summed E-state index contributed by atoms with van der Waals surface area (Å²) in [6.07, 6.45) is 68.9. The van der Waals surface area contributed by atoms with Crippen LogP contribution in [-0.4, -0.2) is 37.2 Å². The molecule has 0 N–H and O–H groups in total. The Morgan fingerprint density at radius 2 is 0.478 bits per heavy atom. The summed E-state index contributed by atoms with van der Waals surface area (Å²) in [6, 6.07) is 0. The molecule has 0 aliphatic rings. The average molecular weight is 972 g/mol. The highest BCUT2D eigenvalue weighted by atomic mass is 16.6. The van der Waals surface area contributed by atoms with Gasteiger partial charge in [0.1, 0.15) is 13.2 Å². The van der Waals surface area contributed by atoms with Crippen molar-refractivity contribution >= 4 is 17.9 Å². The summed E-state index contributed by atoms with van der Waals surface area (Å²) in [4.78, 5) is 38.2. The van der Waals surface area contributed by atoms with Crippen molar-refractivity contribution in [1.29, 1.82) is 0 Å². The summed E-state index contributed by atoms with van der Waals surface area (Å²) < 4.78 is 16.9. The van der Waals surface area contributed by atoms with E-state index in [1.807, 2.05) is 0 Å². The van der Waals surface area contributed by atoms with Crippen LogP contribution in [0.25, 0.3) is 0 Å². The molecule has 0 fully saturated rings. The lowest BCUT2D eigenvalue weighted by molar-refractivity contribution is -0.167. The van der Waals surface area contributed by atoms with E-state index in [4.69, 9.17) is 14.2 Å². The van der Waals surface area contributed by atoms with Crippen LogP contribution in [0.4, 0.5) is 0 Å². The number of allylic oxidation sites excluding steroid dienone is 4. The first-order valence-corrected chi connectivity index (χ1v) is 30.8. The molecular formula is C63H118O6. The van der Waals surface area contributed by atoms with E-state index in [-0.39, 0.29) is 31.1 Å². The van der Waals surface area contributed by atoms with Crippen molar-refractivity contribution in [2.24, 2.45) is 0 Å². The van der Waals surface area contributed by atoms with Crippen molar-refractivity contribution in [3.63, 3.8) is 0 Å². The van der Waals surface area contributed by atoms with Crippen LogP contribution in [-0.2, 0) is 28.6 Å². The molecule has 0 bridgehead atoms. The minimum Gasteiger partial charge on any atom is -0.462 e. The molecule has 0 amide bonds. The molecule has 6 nitrogen and oxygen atoms in total. The smallest absolute Gasteiger partial charge is 0.306 e. The SMILES string of the molecule is CCCCCCCCC/C=C\CCCCCCCC(=O)OCC(COC(=O)CCCCCCCCCCCCCCCCCCCCC)OC(=O)CCCCCCC/C=C\CCCCCCCCC. The topological polar surface area (TPSA) is 78.9 Å². The lowest BCUT2D eigenvalue weighted by atomic mass is 10.0. The van der Waals surface area contributed by atoms with Gasteiger partial charge in [0, 0.05) is 19.3 Å². The minimum atomic E-state index is -0.776. The number of unbranched alkanes of at least 4 members (excludes halogenated alkanes) is 42. The second-order valence-corrected chi connectivity index (χ2v) is 21.0. The van der Waals surface area contributed by atoms with Crippen LogP contribution in [0.3, 0.4) is 0 Å². The van der Waals surface area contributed by atoms with Crippen molar-refractivity contribution < 1.29 is 28.6 Å². The standard InChI is InChI=1S/C63H118O6/c1-4-7-10-13-16-19-22-25-28-31-32-33-36-38-41-44-47-50-53-56-62(65)68-59-60(69-63(66)57-54-51-48-45-42-39-35-30-27-24-21-18-15-12-9-6-3)58-67-61(64)55-52-49-46-43-40-37-34-29-26-23-20-17-14-11-8-5-2/h29-30,34-35,60H,4-28,31-33,36-59H2,1-3H3/b34-29-,35-30-. The summed E-state index contributed by atoms with van der Waals surface area (Å²) >= 11 is 0. The van der Waals surface area contributed by atoms with Crippen molar-refractivity contribution in [2.75, 3.05) is 13.2 Å². The molecule has 0 aliphatic carbocycles. The van der Waals surface area contributed by atoms with Gasteiger partial charge >= 0.3 is 17.9 Å². The first-order valence-electron chi connectivity index (χ1n) is 30.8. The molecule has 69 heavy (non-hydrogen) atoms. The average Bonchev–Trinajstić information content (AvgIpc) is 3.35. The van der Waals surface area contributed by atoms with E-state index in [0.29, 0.717) is 19.3 Å². The lowest BCUT2D eigenvalue weighted by Crippen LogP contribution is -2.30. The van der Waals surface area contributed by atoms with E-state index in [1.165, 1.54) is 231 Å². The predicted octanol–water partition coefficient (Wildman–Crippen LogP) is 20.7. The molecule has 6 heteroatoms. The third kappa shape index (κ3) is 56.7. The van der Waals surface area contributed by atoms with Gasteiger partial charge in [-0.3, -0.25) is 14.4 Å². The Kier molecular flexibility index (Phi) is 56.7. The van der Waals surface area contributed by atoms with Crippen LogP contribution in [0, 0.1) is 0 Å². The Bertz CT molecular complexity index is 1110. The van der Waals surface area contributed by atoms with E-state index in [1.54, 1.807) is 0 Å². The number of ether oxygens (including phenoxy) is 3. The number of hydrogen-bond donors (Lipinski definition) is 0. The van der Waals surface area contributed by atoms with Crippen molar-refractivity contribution in [1.82, 2.24) is 0 Å². The summed E-state index contributed by atoms with van der Waals surface area (Å²) in [6.45, 7) is 6.68. The van der Waals surface area contributed by atoms with E-state index in [2.05, 4.69) is 45.1 Å². The number of carbonyl (C=O) groups is 3. The minimum absolute atomic E-state index is 0.0725. The number of rotatable bonds is 57. The summed E-state index contributed by atoms with van der Waals surface area (Å²) in [5.41, 5.74) is 0. The van der Waals surface area contributed by atoms with Crippen LogP contribution in [0.15, 0.2) is 24.3 Å². The van der Waals surface area contributed by atoms with Gasteiger partial charge in [-0.25, -0.2) is 0 Å². The second-order valence-electron chi connectivity index (χ2n) is 21.0. The maximum atomic E-state index is 12.9. The third-order valence-corrected chi connectivity index (χ3v) is 13.9. The van der Waals surface area contributed by atoms with Gasteiger partial charge in [0.25, 0.3) is 0 Å². The predicted molar refractivity (Wildman–Crippen MR) is 298 cm³/mol. The Hall–Kier alpha value is -2.11. The van der Waals surface area contributed by atoms with Gasteiger partial charge in [-0.2, -0.15) is 0 Å². The van der Waals surface area contributed by atoms with Crippen LogP contribution < -0.4 is 0 Å². The molecule has 0 rings (SSSR count).